The number of hydrogen-bond acceptors (Lipinski definition) is 5. The predicted molar refractivity (Wildman–Crippen MR) is 115 cm³/mol. The van der Waals surface area contributed by atoms with Gasteiger partial charge in [0.05, 0.1) is 32.6 Å². The molecule has 3 rings (SSSR count). The van der Waals surface area contributed by atoms with Gasteiger partial charge in [0.1, 0.15) is 0 Å². The molecule has 0 aliphatic carbocycles. The zero-order valence-corrected chi connectivity index (χ0v) is 16.9. The van der Waals surface area contributed by atoms with Crippen molar-refractivity contribution in [3.63, 3.8) is 0 Å². The van der Waals surface area contributed by atoms with Crippen molar-refractivity contribution >= 4 is 23.2 Å². The molecule has 3 aromatic carbocycles. The third-order valence-corrected chi connectivity index (χ3v) is 4.38. The maximum absolute atomic E-state index is 12.9. The van der Waals surface area contributed by atoms with Crippen LogP contribution in [0.15, 0.2) is 66.7 Å². The van der Waals surface area contributed by atoms with E-state index in [4.69, 9.17) is 14.2 Å². The molecule has 0 atom stereocenters. The molecular formula is C23H22N2O5. The summed E-state index contributed by atoms with van der Waals surface area (Å²) in [6.45, 7) is 0. The van der Waals surface area contributed by atoms with Gasteiger partial charge in [0.25, 0.3) is 11.8 Å². The van der Waals surface area contributed by atoms with Crippen molar-refractivity contribution in [1.29, 1.82) is 0 Å². The molecule has 3 aromatic rings. The van der Waals surface area contributed by atoms with Gasteiger partial charge in [-0.2, -0.15) is 0 Å². The van der Waals surface area contributed by atoms with Crippen molar-refractivity contribution in [2.24, 2.45) is 0 Å². The highest BCUT2D eigenvalue weighted by molar-refractivity contribution is 6.12. The molecule has 0 spiro atoms. The van der Waals surface area contributed by atoms with Crippen LogP contribution >= 0.6 is 0 Å². The van der Waals surface area contributed by atoms with E-state index < -0.39 is 5.91 Å². The molecule has 154 valence electrons. The maximum Gasteiger partial charge on any atom is 0.257 e. The SMILES string of the molecule is COc1cc(NC(=O)c2ccccc2NC(=O)c2ccccc2)cc(OC)c1OC. The summed E-state index contributed by atoms with van der Waals surface area (Å²) in [7, 11) is 4.50. The van der Waals surface area contributed by atoms with Crippen LogP contribution in [0.25, 0.3) is 0 Å². The number of amides is 2. The van der Waals surface area contributed by atoms with E-state index in [2.05, 4.69) is 10.6 Å². The zero-order valence-electron chi connectivity index (χ0n) is 16.9. The van der Waals surface area contributed by atoms with Crippen molar-refractivity contribution < 1.29 is 23.8 Å². The van der Waals surface area contributed by atoms with Crippen molar-refractivity contribution in [3.8, 4) is 17.2 Å². The van der Waals surface area contributed by atoms with Crippen molar-refractivity contribution in [2.45, 2.75) is 0 Å². The molecule has 0 aliphatic heterocycles. The first-order valence-electron chi connectivity index (χ1n) is 9.14. The second-order valence-corrected chi connectivity index (χ2v) is 6.23. The van der Waals surface area contributed by atoms with Gasteiger partial charge >= 0.3 is 0 Å². The number of para-hydroxylation sites is 1. The fourth-order valence-corrected chi connectivity index (χ4v) is 2.93. The van der Waals surface area contributed by atoms with Gasteiger partial charge in [0.2, 0.25) is 5.75 Å². The number of methoxy groups -OCH3 is 3. The minimum atomic E-state index is -0.395. The van der Waals surface area contributed by atoms with Gasteiger partial charge in [-0.3, -0.25) is 9.59 Å². The van der Waals surface area contributed by atoms with Crippen LogP contribution in [0.4, 0.5) is 11.4 Å². The molecule has 7 heteroatoms. The minimum Gasteiger partial charge on any atom is -0.493 e. The van der Waals surface area contributed by atoms with Crippen LogP contribution in [0.1, 0.15) is 20.7 Å². The lowest BCUT2D eigenvalue weighted by Gasteiger charge is -2.15. The molecule has 0 aliphatic rings. The third kappa shape index (κ3) is 4.52. The van der Waals surface area contributed by atoms with Gasteiger partial charge in [-0.25, -0.2) is 0 Å². The highest BCUT2D eigenvalue weighted by atomic mass is 16.5. The number of benzene rings is 3. The summed E-state index contributed by atoms with van der Waals surface area (Å²) in [6.07, 6.45) is 0. The van der Waals surface area contributed by atoms with E-state index in [9.17, 15) is 9.59 Å². The first-order valence-corrected chi connectivity index (χ1v) is 9.14. The molecule has 0 bridgehead atoms. The molecular weight excluding hydrogens is 384 g/mol. The van der Waals surface area contributed by atoms with Crippen LogP contribution < -0.4 is 24.8 Å². The van der Waals surface area contributed by atoms with Crippen molar-refractivity contribution in [2.75, 3.05) is 32.0 Å². The van der Waals surface area contributed by atoms with Gasteiger partial charge in [-0.1, -0.05) is 30.3 Å². The summed E-state index contributed by atoms with van der Waals surface area (Å²) in [6, 6.07) is 18.8. The topological polar surface area (TPSA) is 85.9 Å². The van der Waals surface area contributed by atoms with Gasteiger partial charge in [0.15, 0.2) is 11.5 Å². The Morgan fingerprint density at radius 2 is 1.30 bits per heavy atom. The number of nitrogens with one attached hydrogen (secondary N) is 2. The molecule has 0 aromatic heterocycles. The number of carbonyl (C=O) groups excluding carboxylic acids is 2. The molecule has 0 unspecified atom stereocenters. The Labute approximate surface area is 174 Å². The summed E-state index contributed by atoms with van der Waals surface area (Å²) in [5.41, 5.74) is 1.67. The average molecular weight is 406 g/mol. The Bertz CT molecular complexity index is 1030. The summed E-state index contributed by atoms with van der Waals surface area (Å²) >= 11 is 0. The molecule has 30 heavy (non-hydrogen) atoms. The second kappa shape index (κ2) is 9.47. The summed E-state index contributed by atoms with van der Waals surface area (Å²) < 4.78 is 15.9. The lowest BCUT2D eigenvalue weighted by molar-refractivity contribution is 0.102. The van der Waals surface area contributed by atoms with Crippen molar-refractivity contribution in [1.82, 2.24) is 0 Å². The molecule has 0 heterocycles. The Morgan fingerprint density at radius 3 is 1.90 bits per heavy atom. The largest absolute Gasteiger partial charge is 0.493 e. The van der Waals surface area contributed by atoms with Crippen LogP contribution in [0, 0.1) is 0 Å². The van der Waals surface area contributed by atoms with E-state index in [1.807, 2.05) is 6.07 Å². The molecule has 2 amide bonds. The summed E-state index contributed by atoms with van der Waals surface area (Å²) in [4.78, 5) is 25.4. The quantitative estimate of drug-likeness (QED) is 0.614. The van der Waals surface area contributed by atoms with E-state index in [-0.39, 0.29) is 5.91 Å². The van der Waals surface area contributed by atoms with Crippen LogP contribution in [-0.2, 0) is 0 Å². The highest BCUT2D eigenvalue weighted by Gasteiger charge is 2.17. The number of ether oxygens (including phenoxy) is 3. The normalized spacial score (nSPS) is 10.1. The van der Waals surface area contributed by atoms with Gasteiger partial charge < -0.3 is 24.8 Å². The molecule has 0 fully saturated rings. The highest BCUT2D eigenvalue weighted by Crippen LogP contribution is 2.40. The lowest BCUT2D eigenvalue weighted by atomic mass is 10.1. The summed E-state index contributed by atoms with van der Waals surface area (Å²) in [5, 5.41) is 5.59. The number of anilines is 2. The monoisotopic (exact) mass is 406 g/mol. The summed E-state index contributed by atoms with van der Waals surface area (Å²) in [5.74, 6) is 0.557. The third-order valence-electron chi connectivity index (χ3n) is 4.38. The Morgan fingerprint density at radius 1 is 0.700 bits per heavy atom. The lowest BCUT2D eigenvalue weighted by Crippen LogP contribution is -2.18. The standard InChI is InChI=1S/C23H22N2O5/c1-28-19-13-16(14-20(29-2)21(19)30-3)24-23(27)17-11-7-8-12-18(17)25-22(26)15-9-5-4-6-10-15/h4-14H,1-3H3,(H,24,27)(H,25,26). The molecule has 0 radical (unpaired) electrons. The van der Waals surface area contributed by atoms with E-state index in [0.717, 1.165) is 0 Å². The van der Waals surface area contributed by atoms with E-state index >= 15 is 0 Å². The number of rotatable bonds is 7. The zero-order chi connectivity index (χ0) is 21.5. The maximum atomic E-state index is 12.9. The van der Waals surface area contributed by atoms with E-state index in [1.165, 1.54) is 21.3 Å². The van der Waals surface area contributed by atoms with E-state index in [1.54, 1.807) is 60.7 Å². The Hall–Kier alpha value is -4.00. The molecule has 7 nitrogen and oxygen atoms in total. The van der Waals surface area contributed by atoms with Gasteiger partial charge in [-0.15, -0.1) is 0 Å². The minimum absolute atomic E-state index is 0.302. The molecule has 0 saturated carbocycles. The number of carbonyl (C=O) groups is 2. The van der Waals surface area contributed by atoms with Gasteiger partial charge in [0, 0.05) is 23.4 Å². The van der Waals surface area contributed by atoms with Crippen LogP contribution in [0.5, 0.6) is 17.2 Å². The van der Waals surface area contributed by atoms with Crippen LogP contribution in [-0.4, -0.2) is 33.1 Å². The van der Waals surface area contributed by atoms with Crippen molar-refractivity contribution in [3.05, 3.63) is 77.9 Å². The first kappa shape index (κ1) is 20.7. The van der Waals surface area contributed by atoms with Crippen LogP contribution in [0.3, 0.4) is 0 Å². The smallest absolute Gasteiger partial charge is 0.257 e. The van der Waals surface area contributed by atoms with Crippen LogP contribution in [0.2, 0.25) is 0 Å². The molecule has 0 saturated heterocycles. The molecule has 2 N–H and O–H groups in total. The fourth-order valence-electron chi connectivity index (χ4n) is 2.93. The average Bonchev–Trinajstić information content (AvgIpc) is 2.79. The number of hydrogen-bond donors (Lipinski definition) is 2. The first-order chi connectivity index (χ1) is 14.6. The fraction of sp³-hybridized carbons (Fsp3) is 0.130. The van der Waals surface area contributed by atoms with E-state index in [0.29, 0.717) is 39.8 Å². The van der Waals surface area contributed by atoms with Gasteiger partial charge in [-0.05, 0) is 24.3 Å². The Balaban J connectivity index is 1.86. The Kier molecular flexibility index (Phi) is 6.54. The second-order valence-electron chi connectivity index (χ2n) is 6.23. The predicted octanol–water partition coefficient (Wildman–Crippen LogP) is 4.22.